The Bertz CT molecular complexity index is 1270. The summed E-state index contributed by atoms with van der Waals surface area (Å²) in [5.74, 6) is -3.21. The number of carbonyl (C=O) groups is 2. The minimum atomic E-state index is -4.63. The zero-order valence-corrected chi connectivity index (χ0v) is 18.7. The van der Waals surface area contributed by atoms with E-state index in [0.29, 0.717) is 0 Å². The number of halogens is 6. The maximum atomic E-state index is 14.4. The molecule has 0 aliphatic carbocycles. The number of alkyl halides is 3. The number of hydrogen-bond donors (Lipinski definition) is 1. The molecule has 1 aliphatic rings. The first-order chi connectivity index (χ1) is 15.5. The monoisotopic (exact) mass is 523 g/mol. The average molecular weight is 524 g/mol. The molecule has 0 bridgehead atoms. The van der Waals surface area contributed by atoms with Gasteiger partial charge in [0.05, 0.1) is 11.2 Å². The van der Waals surface area contributed by atoms with Gasteiger partial charge in [0.15, 0.2) is 5.82 Å². The fourth-order valence-electron chi connectivity index (χ4n) is 3.22. The van der Waals surface area contributed by atoms with Crippen LogP contribution in [-0.2, 0) is 4.79 Å². The van der Waals surface area contributed by atoms with E-state index in [1.54, 1.807) is 0 Å². The van der Waals surface area contributed by atoms with E-state index in [4.69, 9.17) is 11.6 Å². The van der Waals surface area contributed by atoms with Gasteiger partial charge in [-0.15, -0.1) is 11.3 Å². The van der Waals surface area contributed by atoms with Gasteiger partial charge in [-0.1, -0.05) is 11.6 Å². The van der Waals surface area contributed by atoms with E-state index >= 15 is 0 Å². The first-order valence-corrected chi connectivity index (χ1v) is 11.0. The molecular formula is C18H11ClF5N5O2S2. The standard InChI is InChI=1S/C18H11ClF5N5O2S2/c1-28(8-3-2-7(20)12(19)13(8)21)16(30)9-5-25-17(31)29(9)11-4-10(33-18(22,23)24)14-15(27-11)32-6-26-14/h2-4,6,9H,5H2,1H3,(H,25,31). The highest BCUT2D eigenvalue weighted by Gasteiger charge is 2.41. The molecule has 3 heterocycles. The Hall–Kier alpha value is -2.71. The van der Waals surface area contributed by atoms with Crippen molar-refractivity contribution in [3.63, 3.8) is 0 Å². The number of rotatable bonds is 4. The van der Waals surface area contributed by atoms with Crippen molar-refractivity contribution in [2.24, 2.45) is 0 Å². The molecule has 1 fully saturated rings. The molecule has 1 N–H and O–H groups in total. The molecule has 0 saturated carbocycles. The van der Waals surface area contributed by atoms with Crippen LogP contribution in [0.2, 0.25) is 5.02 Å². The van der Waals surface area contributed by atoms with Crippen molar-refractivity contribution >= 4 is 68.5 Å². The number of likely N-dealkylation sites (N-methyl/N-ethyl adjacent to an activating group) is 1. The second-order valence-electron chi connectivity index (χ2n) is 6.70. The van der Waals surface area contributed by atoms with E-state index in [1.807, 2.05) is 0 Å². The van der Waals surface area contributed by atoms with Crippen molar-refractivity contribution in [2.75, 3.05) is 23.4 Å². The summed E-state index contributed by atoms with van der Waals surface area (Å²) < 4.78 is 67.1. The molecule has 2 aromatic heterocycles. The topological polar surface area (TPSA) is 78.4 Å². The largest absolute Gasteiger partial charge is 0.446 e. The minimum Gasteiger partial charge on any atom is -0.335 e. The van der Waals surface area contributed by atoms with Gasteiger partial charge in [-0.05, 0) is 30.0 Å². The molecule has 3 aromatic rings. The van der Waals surface area contributed by atoms with Crippen molar-refractivity contribution in [3.05, 3.63) is 40.4 Å². The highest BCUT2D eigenvalue weighted by atomic mass is 35.5. The van der Waals surface area contributed by atoms with Gasteiger partial charge in [-0.25, -0.2) is 23.5 Å². The first-order valence-electron chi connectivity index (χ1n) is 8.96. The number of nitrogens with zero attached hydrogens (tertiary/aromatic N) is 4. The van der Waals surface area contributed by atoms with Gasteiger partial charge in [0, 0.05) is 18.5 Å². The zero-order valence-electron chi connectivity index (χ0n) is 16.3. The molecule has 1 aliphatic heterocycles. The zero-order chi connectivity index (χ0) is 24.1. The predicted molar refractivity (Wildman–Crippen MR) is 114 cm³/mol. The number of amides is 3. The fourth-order valence-corrected chi connectivity index (χ4v) is 4.78. The molecule has 33 heavy (non-hydrogen) atoms. The van der Waals surface area contributed by atoms with Gasteiger partial charge in [0.2, 0.25) is 0 Å². The van der Waals surface area contributed by atoms with E-state index in [9.17, 15) is 31.5 Å². The second-order valence-corrected chi connectivity index (χ2v) is 9.01. The number of thiazole rings is 1. The molecule has 1 unspecified atom stereocenters. The maximum absolute atomic E-state index is 14.4. The molecule has 0 spiro atoms. The highest BCUT2D eigenvalue weighted by molar-refractivity contribution is 8.00. The first kappa shape index (κ1) is 23.4. The lowest BCUT2D eigenvalue weighted by Gasteiger charge is -2.27. The number of fused-ring (bicyclic) bond motifs is 1. The summed E-state index contributed by atoms with van der Waals surface area (Å²) in [6.45, 7) is -0.220. The normalized spacial score (nSPS) is 16.4. The lowest BCUT2D eigenvalue weighted by molar-refractivity contribution is -0.119. The number of urea groups is 1. The third kappa shape index (κ3) is 4.42. The quantitative estimate of drug-likeness (QED) is 0.302. The van der Waals surface area contributed by atoms with Gasteiger partial charge >= 0.3 is 11.5 Å². The number of anilines is 2. The van der Waals surface area contributed by atoms with Crippen LogP contribution in [0.25, 0.3) is 10.3 Å². The molecule has 0 radical (unpaired) electrons. The van der Waals surface area contributed by atoms with Gasteiger partial charge in [-0.3, -0.25) is 9.69 Å². The van der Waals surface area contributed by atoms with Gasteiger partial charge in [0.1, 0.15) is 33.0 Å². The predicted octanol–water partition coefficient (Wildman–Crippen LogP) is 4.80. The van der Waals surface area contributed by atoms with Crippen LogP contribution in [0, 0.1) is 11.6 Å². The van der Waals surface area contributed by atoms with E-state index in [-0.39, 0.29) is 33.3 Å². The van der Waals surface area contributed by atoms with Crippen molar-refractivity contribution < 1.29 is 31.5 Å². The Labute approximate surface area is 195 Å². The summed E-state index contributed by atoms with van der Waals surface area (Å²) >= 11 is 6.12. The molecule has 1 saturated heterocycles. The summed E-state index contributed by atoms with van der Waals surface area (Å²) in [4.78, 5) is 35.3. The number of nitrogens with one attached hydrogen (secondary N) is 1. The van der Waals surface area contributed by atoms with Crippen LogP contribution in [0.5, 0.6) is 0 Å². The molecule has 174 valence electrons. The van der Waals surface area contributed by atoms with Crippen LogP contribution in [0.4, 0.5) is 38.3 Å². The van der Waals surface area contributed by atoms with Gasteiger partial charge < -0.3 is 10.2 Å². The van der Waals surface area contributed by atoms with E-state index in [2.05, 4.69) is 15.3 Å². The lowest BCUT2D eigenvalue weighted by Crippen LogP contribution is -2.47. The minimum absolute atomic E-state index is 0.00806. The Morgan fingerprint density at radius 3 is 2.79 bits per heavy atom. The Morgan fingerprint density at radius 1 is 1.36 bits per heavy atom. The number of thioether (sulfide) groups is 1. The number of benzene rings is 1. The fraction of sp³-hybridized carbons (Fsp3) is 0.222. The Morgan fingerprint density at radius 2 is 2.09 bits per heavy atom. The number of aromatic nitrogens is 2. The SMILES string of the molecule is CN(C(=O)C1CNC(=O)N1c1cc(SC(F)(F)F)c2ncsc2n1)c1ccc(F)c(Cl)c1F. The maximum Gasteiger partial charge on any atom is 0.446 e. The Kier molecular flexibility index (Phi) is 6.09. The van der Waals surface area contributed by atoms with Crippen molar-refractivity contribution in [2.45, 2.75) is 16.4 Å². The van der Waals surface area contributed by atoms with Gasteiger partial charge in [-0.2, -0.15) is 13.2 Å². The number of pyridine rings is 1. The summed E-state index contributed by atoms with van der Waals surface area (Å²) in [6.07, 6.45) is 0. The summed E-state index contributed by atoms with van der Waals surface area (Å²) in [5.41, 5.74) is -3.65. The van der Waals surface area contributed by atoms with Crippen LogP contribution >= 0.6 is 34.7 Å². The molecular weight excluding hydrogens is 513 g/mol. The lowest BCUT2D eigenvalue weighted by atomic mass is 10.2. The molecule has 4 rings (SSSR count). The van der Waals surface area contributed by atoms with Crippen LogP contribution < -0.4 is 15.1 Å². The van der Waals surface area contributed by atoms with Crippen LogP contribution in [-0.4, -0.2) is 47.0 Å². The molecule has 15 heteroatoms. The molecule has 1 atom stereocenters. The van der Waals surface area contributed by atoms with Crippen molar-refractivity contribution in [1.82, 2.24) is 15.3 Å². The smallest absolute Gasteiger partial charge is 0.335 e. The number of carbonyl (C=O) groups excluding carboxylic acids is 2. The van der Waals surface area contributed by atoms with Crippen LogP contribution in [0.3, 0.4) is 0 Å². The molecule has 7 nitrogen and oxygen atoms in total. The van der Waals surface area contributed by atoms with Gasteiger partial charge in [0.25, 0.3) is 5.91 Å². The van der Waals surface area contributed by atoms with E-state index in [1.165, 1.54) is 12.6 Å². The third-order valence-corrected chi connectivity index (χ3v) is 6.53. The molecule has 1 aromatic carbocycles. The summed E-state index contributed by atoms with van der Waals surface area (Å²) in [6, 6.07) is 0.843. The number of hydrogen-bond acceptors (Lipinski definition) is 6. The third-order valence-electron chi connectivity index (χ3n) is 4.70. The summed E-state index contributed by atoms with van der Waals surface area (Å²) in [7, 11) is 1.20. The highest BCUT2D eigenvalue weighted by Crippen LogP contribution is 2.42. The second kappa shape index (κ2) is 8.57. The van der Waals surface area contributed by atoms with Crippen molar-refractivity contribution in [3.8, 4) is 0 Å². The van der Waals surface area contributed by atoms with Crippen LogP contribution in [0.15, 0.2) is 28.6 Å². The molecule has 3 amide bonds. The average Bonchev–Trinajstić information content (AvgIpc) is 3.36. The Balaban J connectivity index is 1.72. The van der Waals surface area contributed by atoms with Crippen molar-refractivity contribution in [1.29, 1.82) is 0 Å². The summed E-state index contributed by atoms with van der Waals surface area (Å²) in [5, 5.41) is 1.62. The van der Waals surface area contributed by atoms with Crippen LogP contribution in [0.1, 0.15) is 0 Å². The van der Waals surface area contributed by atoms with E-state index in [0.717, 1.165) is 39.3 Å². The van der Waals surface area contributed by atoms with E-state index < -0.39 is 51.9 Å².